The van der Waals surface area contributed by atoms with Gasteiger partial charge in [-0.2, -0.15) is 0 Å². The summed E-state index contributed by atoms with van der Waals surface area (Å²) in [5.74, 6) is 0.958. The molecule has 2 atom stereocenters. The molecule has 19 heavy (non-hydrogen) atoms. The second-order valence-electron chi connectivity index (χ2n) is 5.33. The molecule has 2 unspecified atom stereocenters. The van der Waals surface area contributed by atoms with E-state index in [0.717, 1.165) is 12.8 Å². The number of ether oxygens (including phenoxy) is 2. The van der Waals surface area contributed by atoms with E-state index < -0.39 is 0 Å². The number of benzene rings is 1. The normalized spacial score (nSPS) is 29.8. The topological polar surface area (TPSA) is 47.6 Å². The summed E-state index contributed by atoms with van der Waals surface area (Å²) in [6.07, 6.45) is 1.71. The maximum absolute atomic E-state index is 12.7. The van der Waals surface area contributed by atoms with Crippen molar-refractivity contribution in [1.29, 1.82) is 0 Å². The minimum absolute atomic E-state index is 0.0800. The van der Waals surface area contributed by atoms with Gasteiger partial charge in [-0.05, 0) is 25.0 Å². The Hall–Kier alpha value is -1.39. The minimum atomic E-state index is 0.0800. The van der Waals surface area contributed by atoms with E-state index in [0.29, 0.717) is 36.6 Å². The van der Waals surface area contributed by atoms with Gasteiger partial charge in [0.15, 0.2) is 5.78 Å². The predicted octanol–water partition coefficient (Wildman–Crippen LogP) is 1.64. The molecule has 3 rings (SSSR count). The van der Waals surface area contributed by atoms with Gasteiger partial charge in [0.05, 0.1) is 25.9 Å². The number of fused-ring (bicyclic) bond motifs is 2. The summed E-state index contributed by atoms with van der Waals surface area (Å²) in [6.45, 7) is 1.43. The zero-order chi connectivity index (χ0) is 13.2. The molecule has 1 aromatic carbocycles. The molecule has 2 heterocycles. The van der Waals surface area contributed by atoms with Crippen LogP contribution in [0, 0.1) is 5.92 Å². The molecule has 2 fully saturated rings. The Labute approximate surface area is 113 Å². The highest BCUT2D eigenvalue weighted by molar-refractivity contribution is 6.00. The second kappa shape index (κ2) is 5.31. The summed E-state index contributed by atoms with van der Waals surface area (Å²) in [5.41, 5.74) is 0.705. The van der Waals surface area contributed by atoms with Crippen molar-refractivity contribution in [2.75, 3.05) is 20.3 Å². The fraction of sp³-hybridized carbons (Fsp3) is 0.533. The van der Waals surface area contributed by atoms with Gasteiger partial charge in [-0.1, -0.05) is 12.1 Å². The number of Topliss-reactive ketones (excluding diaryl/α,β-unsaturated/α-hetero) is 1. The van der Waals surface area contributed by atoms with E-state index >= 15 is 0 Å². The average molecular weight is 261 g/mol. The first kappa shape index (κ1) is 12.6. The van der Waals surface area contributed by atoms with Crippen LogP contribution in [0.15, 0.2) is 24.3 Å². The Morgan fingerprint density at radius 2 is 1.95 bits per heavy atom. The van der Waals surface area contributed by atoms with E-state index in [1.165, 1.54) is 0 Å². The van der Waals surface area contributed by atoms with E-state index in [9.17, 15) is 4.79 Å². The van der Waals surface area contributed by atoms with E-state index in [1.807, 2.05) is 24.3 Å². The lowest BCUT2D eigenvalue weighted by atomic mass is 9.82. The fourth-order valence-corrected chi connectivity index (χ4v) is 3.12. The van der Waals surface area contributed by atoms with Crippen LogP contribution in [-0.2, 0) is 4.74 Å². The lowest BCUT2D eigenvalue weighted by molar-refractivity contribution is 0.00948. The molecule has 1 N–H and O–H groups in total. The minimum Gasteiger partial charge on any atom is -0.496 e. The van der Waals surface area contributed by atoms with Crippen molar-refractivity contribution in [3.05, 3.63) is 29.8 Å². The summed E-state index contributed by atoms with van der Waals surface area (Å²) in [7, 11) is 1.61. The first-order chi connectivity index (χ1) is 9.28. The third-order valence-corrected chi connectivity index (χ3v) is 3.99. The second-order valence-corrected chi connectivity index (χ2v) is 5.33. The number of carbonyl (C=O) groups excluding carboxylic acids is 1. The van der Waals surface area contributed by atoms with Crippen LogP contribution in [-0.4, -0.2) is 38.2 Å². The quantitative estimate of drug-likeness (QED) is 0.840. The molecule has 1 aromatic rings. The number of hydrogen-bond acceptors (Lipinski definition) is 4. The lowest BCUT2D eigenvalue weighted by Gasteiger charge is -2.39. The monoisotopic (exact) mass is 261 g/mol. The van der Waals surface area contributed by atoms with E-state index in [4.69, 9.17) is 9.47 Å². The summed E-state index contributed by atoms with van der Waals surface area (Å²) < 4.78 is 10.8. The van der Waals surface area contributed by atoms with Crippen LogP contribution in [0.2, 0.25) is 0 Å². The van der Waals surface area contributed by atoms with Crippen molar-refractivity contribution in [3.8, 4) is 5.75 Å². The molecule has 0 spiro atoms. The molecule has 2 saturated heterocycles. The van der Waals surface area contributed by atoms with Crippen LogP contribution in [0.5, 0.6) is 5.75 Å². The molecule has 0 amide bonds. The highest BCUT2D eigenvalue weighted by atomic mass is 16.5. The van der Waals surface area contributed by atoms with Crippen LogP contribution < -0.4 is 10.1 Å². The summed E-state index contributed by atoms with van der Waals surface area (Å²) in [4.78, 5) is 12.7. The maximum Gasteiger partial charge on any atom is 0.169 e. The number of para-hydroxylation sites is 1. The summed E-state index contributed by atoms with van der Waals surface area (Å²) >= 11 is 0. The molecule has 0 aromatic heterocycles. The van der Waals surface area contributed by atoms with Gasteiger partial charge in [0.1, 0.15) is 5.75 Å². The van der Waals surface area contributed by atoms with Crippen LogP contribution in [0.3, 0.4) is 0 Å². The summed E-state index contributed by atoms with van der Waals surface area (Å²) in [6, 6.07) is 8.11. The Bertz CT molecular complexity index is 462. The van der Waals surface area contributed by atoms with Crippen molar-refractivity contribution >= 4 is 5.78 Å². The SMILES string of the molecule is COc1ccccc1C(=O)C1CC2COCC(C1)N2. The van der Waals surface area contributed by atoms with E-state index in [1.54, 1.807) is 7.11 Å². The number of nitrogens with one attached hydrogen (secondary N) is 1. The van der Waals surface area contributed by atoms with E-state index in [-0.39, 0.29) is 11.7 Å². The Morgan fingerprint density at radius 3 is 2.63 bits per heavy atom. The molecule has 0 radical (unpaired) electrons. The van der Waals surface area contributed by atoms with Crippen molar-refractivity contribution < 1.29 is 14.3 Å². The molecule has 0 aliphatic carbocycles. The van der Waals surface area contributed by atoms with Crippen molar-refractivity contribution in [3.63, 3.8) is 0 Å². The average Bonchev–Trinajstić information content (AvgIpc) is 2.46. The molecule has 4 heteroatoms. The zero-order valence-corrected chi connectivity index (χ0v) is 11.1. The molecule has 0 saturated carbocycles. The fourth-order valence-electron chi connectivity index (χ4n) is 3.12. The molecule has 102 valence electrons. The van der Waals surface area contributed by atoms with Crippen molar-refractivity contribution in [2.24, 2.45) is 5.92 Å². The number of ketones is 1. The first-order valence-electron chi connectivity index (χ1n) is 6.79. The highest BCUT2D eigenvalue weighted by Gasteiger charge is 2.36. The smallest absolute Gasteiger partial charge is 0.169 e. The van der Waals surface area contributed by atoms with Crippen LogP contribution in [0.1, 0.15) is 23.2 Å². The predicted molar refractivity (Wildman–Crippen MR) is 71.6 cm³/mol. The number of morpholine rings is 1. The van der Waals surface area contributed by atoms with Crippen LogP contribution in [0.4, 0.5) is 0 Å². The van der Waals surface area contributed by atoms with Crippen LogP contribution in [0.25, 0.3) is 0 Å². The van der Waals surface area contributed by atoms with Crippen molar-refractivity contribution in [1.82, 2.24) is 5.32 Å². The molecule has 2 bridgehead atoms. The number of carbonyl (C=O) groups is 1. The zero-order valence-electron chi connectivity index (χ0n) is 11.1. The number of piperidine rings is 1. The van der Waals surface area contributed by atoms with Crippen LogP contribution >= 0.6 is 0 Å². The molecule has 4 nitrogen and oxygen atoms in total. The molecular formula is C15H19NO3. The van der Waals surface area contributed by atoms with Gasteiger partial charge < -0.3 is 14.8 Å². The Balaban J connectivity index is 1.80. The Kier molecular flexibility index (Phi) is 3.53. The first-order valence-corrected chi connectivity index (χ1v) is 6.79. The molecular weight excluding hydrogens is 242 g/mol. The van der Waals surface area contributed by atoms with Gasteiger partial charge in [0.25, 0.3) is 0 Å². The standard InChI is InChI=1S/C15H19NO3/c1-18-14-5-3-2-4-13(14)15(17)10-6-11-8-19-9-12(7-10)16-11/h2-5,10-12,16H,6-9H2,1H3. The third kappa shape index (κ3) is 2.51. The third-order valence-electron chi connectivity index (χ3n) is 3.99. The molecule has 2 aliphatic heterocycles. The molecule has 2 aliphatic rings. The lowest BCUT2D eigenvalue weighted by Crippen LogP contribution is -2.55. The Morgan fingerprint density at radius 1 is 1.26 bits per heavy atom. The number of rotatable bonds is 3. The van der Waals surface area contributed by atoms with Gasteiger partial charge in [0, 0.05) is 18.0 Å². The maximum atomic E-state index is 12.7. The number of hydrogen-bond donors (Lipinski definition) is 1. The van der Waals surface area contributed by atoms with Gasteiger partial charge in [-0.25, -0.2) is 0 Å². The van der Waals surface area contributed by atoms with Crippen molar-refractivity contribution in [2.45, 2.75) is 24.9 Å². The highest BCUT2D eigenvalue weighted by Crippen LogP contribution is 2.30. The van der Waals surface area contributed by atoms with Gasteiger partial charge in [0.2, 0.25) is 0 Å². The van der Waals surface area contributed by atoms with Gasteiger partial charge in [-0.15, -0.1) is 0 Å². The van der Waals surface area contributed by atoms with Gasteiger partial charge in [-0.3, -0.25) is 4.79 Å². The van der Waals surface area contributed by atoms with E-state index in [2.05, 4.69) is 5.32 Å². The number of methoxy groups -OCH3 is 1. The largest absolute Gasteiger partial charge is 0.496 e. The summed E-state index contributed by atoms with van der Waals surface area (Å²) in [5, 5.41) is 3.51. The van der Waals surface area contributed by atoms with Gasteiger partial charge >= 0.3 is 0 Å².